The first-order valence-corrected chi connectivity index (χ1v) is 9.95. The second kappa shape index (κ2) is 9.41. The minimum absolute atomic E-state index is 0.0335. The molecule has 0 unspecified atom stereocenters. The molecule has 0 aromatic heterocycles. The number of carbonyl (C=O) groups is 2. The van der Waals surface area contributed by atoms with E-state index in [1.807, 2.05) is 5.48 Å². The van der Waals surface area contributed by atoms with Crippen LogP contribution in [0.25, 0.3) is 0 Å². The molecule has 0 spiro atoms. The van der Waals surface area contributed by atoms with Gasteiger partial charge in [-0.2, -0.15) is 4.31 Å². The summed E-state index contributed by atoms with van der Waals surface area (Å²) in [5.74, 6) is -2.69. The minimum Gasteiger partial charge on any atom is -0.459 e. The molecule has 0 saturated carbocycles. The standard InChI is InChI=1S/C16H19F3N2O7S/c1-2-26-15(23)14(22)20-28-12-7-9-21(10-8-12)29(24,25)13-5-3-11(4-6-13)27-16(17,18)19/h3-6,12H,2,7-10H2,1H3,(H,20,22). The molecule has 0 radical (unpaired) electrons. The van der Waals surface area contributed by atoms with Crippen LogP contribution in [0.1, 0.15) is 19.8 Å². The van der Waals surface area contributed by atoms with Crippen molar-refractivity contribution in [2.24, 2.45) is 0 Å². The molecule has 13 heteroatoms. The van der Waals surface area contributed by atoms with E-state index in [0.717, 1.165) is 28.6 Å². The second-order valence-corrected chi connectivity index (χ2v) is 7.83. The Labute approximate surface area is 164 Å². The number of halogens is 3. The zero-order valence-electron chi connectivity index (χ0n) is 15.3. The zero-order valence-corrected chi connectivity index (χ0v) is 16.1. The van der Waals surface area contributed by atoms with E-state index in [-0.39, 0.29) is 37.4 Å². The van der Waals surface area contributed by atoms with Gasteiger partial charge in [0.05, 0.1) is 17.6 Å². The molecule has 0 atom stereocenters. The number of hydroxylamine groups is 1. The van der Waals surface area contributed by atoms with Crippen molar-refractivity contribution in [2.75, 3.05) is 19.7 Å². The predicted octanol–water partition coefficient (Wildman–Crippen LogP) is 1.35. The summed E-state index contributed by atoms with van der Waals surface area (Å²) in [4.78, 5) is 27.5. The van der Waals surface area contributed by atoms with Crippen molar-refractivity contribution in [3.05, 3.63) is 24.3 Å². The first kappa shape index (κ1) is 22.9. The summed E-state index contributed by atoms with van der Waals surface area (Å²) in [6.45, 7) is 1.69. The van der Waals surface area contributed by atoms with Gasteiger partial charge in [0, 0.05) is 13.1 Å². The molecule has 0 bridgehead atoms. The molecule has 1 saturated heterocycles. The summed E-state index contributed by atoms with van der Waals surface area (Å²) in [5, 5.41) is 0. The molecule has 2 rings (SSSR count). The Morgan fingerprint density at radius 2 is 1.76 bits per heavy atom. The highest BCUT2D eigenvalue weighted by Crippen LogP contribution is 2.26. The second-order valence-electron chi connectivity index (χ2n) is 5.89. The number of piperidine rings is 1. The molecule has 1 N–H and O–H groups in total. The molecule has 1 aromatic rings. The monoisotopic (exact) mass is 440 g/mol. The number of benzene rings is 1. The molecule has 1 fully saturated rings. The highest BCUT2D eigenvalue weighted by Gasteiger charge is 2.33. The molecule has 9 nitrogen and oxygen atoms in total. The Balaban J connectivity index is 1.89. The Morgan fingerprint density at radius 1 is 1.17 bits per heavy atom. The van der Waals surface area contributed by atoms with Crippen LogP contribution in [-0.2, 0) is 29.2 Å². The first-order chi connectivity index (χ1) is 13.5. The smallest absolute Gasteiger partial charge is 0.459 e. The molecule has 1 aromatic carbocycles. The van der Waals surface area contributed by atoms with Gasteiger partial charge >= 0.3 is 18.2 Å². The van der Waals surface area contributed by atoms with Gasteiger partial charge in [-0.3, -0.25) is 9.63 Å². The lowest BCUT2D eigenvalue weighted by Crippen LogP contribution is -2.43. The maximum absolute atomic E-state index is 12.6. The van der Waals surface area contributed by atoms with Gasteiger partial charge in [0.1, 0.15) is 5.75 Å². The average Bonchev–Trinajstić information content (AvgIpc) is 2.65. The first-order valence-electron chi connectivity index (χ1n) is 8.51. The van der Waals surface area contributed by atoms with Crippen LogP contribution in [0.5, 0.6) is 5.75 Å². The van der Waals surface area contributed by atoms with Crippen LogP contribution in [-0.4, -0.2) is 56.8 Å². The van der Waals surface area contributed by atoms with Crippen molar-refractivity contribution in [3.8, 4) is 5.75 Å². The minimum atomic E-state index is -4.87. The molecule has 1 aliphatic rings. The lowest BCUT2D eigenvalue weighted by molar-refractivity contribution is -0.274. The molecule has 1 heterocycles. The van der Waals surface area contributed by atoms with Gasteiger partial charge < -0.3 is 9.47 Å². The van der Waals surface area contributed by atoms with Crippen molar-refractivity contribution in [1.29, 1.82) is 0 Å². The van der Waals surface area contributed by atoms with E-state index in [9.17, 15) is 31.2 Å². The number of rotatable bonds is 6. The summed E-state index contributed by atoms with van der Waals surface area (Å²) in [7, 11) is -3.92. The van der Waals surface area contributed by atoms with Gasteiger partial charge in [0.25, 0.3) is 0 Å². The third-order valence-electron chi connectivity index (χ3n) is 3.88. The lowest BCUT2D eigenvalue weighted by atomic mass is 10.1. The topological polar surface area (TPSA) is 111 Å². The van der Waals surface area contributed by atoms with Gasteiger partial charge in [-0.15, -0.1) is 13.2 Å². The van der Waals surface area contributed by atoms with Gasteiger partial charge in [-0.1, -0.05) is 0 Å². The van der Waals surface area contributed by atoms with E-state index in [4.69, 9.17) is 4.84 Å². The summed E-state index contributed by atoms with van der Waals surface area (Å²) < 4.78 is 71.1. The van der Waals surface area contributed by atoms with Crippen LogP contribution in [0.3, 0.4) is 0 Å². The molecule has 0 aliphatic carbocycles. The summed E-state index contributed by atoms with van der Waals surface area (Å²) in [6, 6.07) is 3.89. The van der Waals surface area contributed by atoms with E-state index in [1.54, 1.807) is 6.92 Å². The Hall–Kier alpha value is -2.38. The van der Waals surface area contributed by atoms with Crippen molar-refractivity contribution in [1.82, 2.24) is 9.79 Å². The van der Waals surface area contributed by atoms with E-state index in [1.165, 1.54) is 0 Å². The molecular weight excluding hydrogens is 421 g/mol. The fourth-order valence-corrected chi connectivity index (χ4v) is 4.00. The number of nitrogens with one attached hydrogen (secondary N) is 1. The van der Waals surface area contributed by atoms with Crippen molar-refractivity contribution in [2.45, 2.75) is 37.1 Å². The number of carbonyl (C=O) groups excluding carboxylic acids is 2. The van der Waals surface area contributed by atoms with Crippen LogP contribution < -0.4 is 10.2 Å². The van der Waals surface area contributed by atoms with E-state index < -0.39 is 40.1 Å². The van der Waals surface area contributed by atoms with Crippen molar-refractivity contribution < 1.29 is 45.5 Å². The van der Waals surface area contributed by atoms with Crippen molar-refractivity contribution >= 4 is 21.9 Å². The van der Waals surface area contributed by atoms with Crippen LogP contribution in [0.4, 0.5) is 13.2 Å². The molecule has 1 amide bonds. The van der Waals surface area contributed by atoms with Gasteiger partial charge in [-0.05, 0) is 44.0 Å². The number of sulfonamides is 1. The molecule has 29 heavy (non-hydrogen) atoms. The maximum Gasteiger partial charge on any atom is 0.573 e. The third-order valence-corrected chi connectivity index (χ3v) is 5.79. The Kier molecular flexibility index (Phi) is 7.43. The van der Waals surface area contributed by atoms with Crippen LogP contribution in [0.2, 0.25) is 0 Å². The highest BCUT2D eigenvalue weighted by atomic mass is 32.2. The van der Waals surface area contributed by atoms with E-state index >= 15 is 0 Å². The number of ether oxygens (including phenoxy) is 2. The summed E-state index contributed by atoms with van der Waals surface area (Å²) in [6.07, 6.45) is -4.91. The van der Waals surface area contributed by atoms with Gasteiger partial charge in [0.2, 0.25) is 10.0 Å². The number of hydrogen-bond acceptors (Lipinski definition) is 7. The fourth-order valence-electron chi connectivity index (χ4n) is 2.53. The van der Waals surface area contributed by atoms with Crippen molar-refractivity contribution in [3.63, 3.8) is 0 Å². The maximum atomic E-state index is 12.6. The lowest BCUT2D eigenvalue weighted by Gasteiger charge is -2.30. The molecular formula is C16H19F3N2O7S. The van der Waals surface area contributed by atoms with E-state index in [2.05, 4.69) is 9.47 Å². The number of alkyl halides is 3. The quantitative estimate of drug-likeness (QED) is 0.404. The van der Waals surface area contributed by atoms with Crippen LogP contribution >= 0.6 is 0 Å². The van der Waals surface area contributed by atoms with E-state index in [0.29, 0.717) is 0 Å². The zero-order chi connectivity index (χ0) is 21.7. The number of nitrogens with zero attached hydrogens (tertiary/aromatic N) is 1. The third kappa shape index (κ3) is 6.58. The normalized spacial score (nSPS) is 16.3. The van der Waals surface area contributed by atoms with Gasteiger partial charge in [0.15, 0.2) is 0 Å². The summed E-state index contributed by atoms with van der Waals surface area (Å²) >= 11 is 0. The predicted molar refractivity (Wildman–Crippen MR) is 90.8 cm³/mol. The Bertz CT molecular complexity index is 820. The summed E-state index contributed by atoms with van der Waals surface area (Å²) in [5.41, 5.74) is 1.96. The Morgan fingerprint density at radius 3 is 2.28 bits per heavy atom. The number of amides is 1. The SMILES string of the molecule is CCOC(=O)C(=O)NOC1CCN(S(=O)(=O)c2ccc(OC(F)(F)F)cc2)CC1. The molecule has 1 aliphatic heterocycles. The largest absolute Gasteiger partial charge is 0.573 e. The molecule has 162 valence electrons. The average molecular weight is 440 g/mol. The highest BCUT2D eigenvalue weighted by molar-refractivity contribution is 7.89. The number of hydrogen-bond donors (Lipinski definition) is 1. The number of esters is 1. The fraction of sp³-hybridized carbons (Fsp3) is 0.500. The van der Waals surface area contributed by atoms with Gasteiger partial charge in [-0.25, -0.2) is 18.7 Å². The van der Waals surface area contributed by atoms with Crippen LogP contribution in [0, 0.1) is 0 Å². The van der Waals surface area contributed by atoms with Crippen LogP contribution in [0.15, 0.2) is 29.2 Å².